The van der Waals surface area contributed by atoms with Crippen molar-refractivity contribution in [3.05, 3.63) is 0 Å². The highest BCUT2D eigenvalue weighted by Crippen LogP contribution is 2.16. The van der Waals surface area contributed by atoms with Crippen LogP contribution in [0.2, 0.25) is 0 Å². The van der Waals surface area contributed by atoms with Crippen molar-refractivity contribution in [1.82, 2.24) is 0 Å². The number of thiol groups is 1. The van der Waals surface area contributed by atoms with Crippen LogP contribution in [0.5, 0.6) is 0 Å². The summed E-state index contributed by atoms with van der Waals surface area (Å²) in [6.45, 7) is 0.778. The van der Waals surface area contributed by atoms with Crippen LogP contribution in [0.4, 0.5) is 0 Å². The number of hydrogen-bond donors (Lipinski definition) is 4. The van der Waals surface area contributed by atoms with Crippen LogP contribution in [0.3, 0.4) is 0 Å². The Bertz CT molecular complexity index is 246. The fourth-order valence-electron chi connectivity index (χ4n) is 0.639. The zero-order valence-corrected chi connectivity index (χ0v) is 7.49. The molecule has 0 spiro atoms. The van der Waals surface area contributed by atoms with Crippen LogP contribution in [-0.4, -0.2) is 43.9 Å². The van der Waals surface area contributed by atoms with Crippen LogP contribution in [0.25, 0.3) is 0 Å². The number of carbonyl (C=O) groups is 3. The third kappa shape index (κ3) is 2.06. The van der Waals surface area contributed by atoms with Crippen LogP contribution >= 0.6 is 12.6 Å². The lowest BCUT2D eigenvalue weighted by molar-refractivity contribution is -0.172. The third-order valence-corrected chi connectivity index (χ3v) is 1.83. The maximum absolute atomic E-state index is 10.7. The Labute approximate surface area is 78.6 Å². The Morgan fingerprint density at radius 1 is 1.38 bits per heavy atom. The Morgan fingerprint density at radius 2 is 1.77 bits per heavy atom. The molecule has 74 valence electrons. The normalized spacial score (nSPS) is 17.2. The van der Waals surface area contributed by atoms with Crippen molar-refractivity contribution in [3.63, 3.8) is 0 Å². The second kappa shape index (κ2) is 3.86. The lowest BCUT2D eigenvalue weighted by Gasteiger charge is -2.23. The average Bonchev–Trinajstić information content (AvgIpc) is 2.00. The first kappa shape index (κ1) is 12.1. The van der Waals surface area contributed by atoms with Crippen LogP contribution in [0.1, 0.15) is 6.92 Å². The third-order valence-electron chi connectivity index (χ3n) is 1.49. The van der Waals surface area contributed by atoms with E-state index in [1.54, 1.807) is 0 Å². The molecule has 2 unspecified atom stereocenters. The zero-order chi connectivity index (χ0) is 10.8. The Morgan fingerprint density at radius 3 is 1.85 bits per heavy atom. The largest absolute Gasteiger partial charge is 0.479 e. The number of aliphatic hydroxyl groups excluding tert-OH is 1. The van der Waals surface area contributed by atoms with E-state index in [0.717, 1.165) is 6.92 Å². The topological polar surface area (TPSA) is 112 Å². The van der Waals surface area contributed by atoms with Gasteiger partial charge in [0, 0.05) is 0 Å². The fourth-order valence-corrected chi connectivity index (χ4v) is 0.919. The number of hydrogen-bond acceptors (Lipinski definition) is 5. The maximum Gasteiger partial charge on any atom is 0.336 e. The Kier molecular flexibility index (Phi) is 3.59. The molecular weight excluding hydrogens is 200 g/mol. The zero-order valence-electron chi connectivity index (χ0n) is 6.59. The first-order valence-corrected chi connectivity index (χ1v) is 3.57. The molecule has 13 heavy (non-hydrogen) atoms. The molecule has 0 aliphatic carbocycles. The summed E-state index contributed by atoms with van der Waals surface area (Å²) in [5.41, 5.74) is -2.98. The Balaban J connectivity index is 5.13. The Hall–Kier alpha value is -0.920. The van der Waals surface area contributed by atoms with Gasteiger partial charge in [0.2, 0.25) is 10.7 Å². The van der Waals surface area contributed by atoms with Crippen LogP contribution in [-0.2, 0) is 14.4 Å². The van der Waals surface area contributed by atoms with Gasteiger partial charge in [0.25, 0.3) is 0 Å². The van der Waals surface area contributed by atoms with Crippen molar-refractivity contribution < 1.29 is 29.7 Å². The number of carboxylic acids is 1. The summed E-state index contributed by atoms with van der Waals surface area (Å²) in [4.78, 5) is 31.5. The molecule has 0 fully saturated rings. The smallest absolute Gasteiger partial charge is 0.336 e. The maximum atomic E-state index is 10.7. The van der Waals surface area contributed by atoms with Crippen molar-refractivity contribution >= 4 is 29.5 Å². The number of ketones is 1. The van der Waals surface area contributed by atoms with Crippen LogP contribution in [0.15, 0.2) is 0 Å². The molecule has 0 radical (unpaired) electrons. The molecule has 0 heterocycles. The standard InChI is InChI=1S/C6H8O6S/c1-2(7)6(12,5(11)13)3(8)4(9)10/h3,8,12H,1H3,(H,9,10)(H,11,13). The molecule has 0 aromatic carbocycles. The highest BCUT2D eigenvalue weighted by atomic mass is 32.1. The quantitative estimate of drug-likeness (QED) is 0.320. The lowest BCUT2D eigenvalue weighted by atomic mass is 9.94. The molecule has 0 aromatic rings. The highest BCUT2D eigenvalue weighted by molar-refractivity contribution is 7.97. The minimum Gasteiger partial charge on any atom is -0.479 e. The van der Waals surface area contributed by atoms with Gasteiger partial charge in [0.05, 0.1) is 0 Å². The van der Waals surface area contributed by atoms with E-state index in [9.17, 15) is 19.5 Å². The number of aliphatic hydroxyl groups is 2. The molecule has 0 aliphatic rings. The SMILES string of the molecule is CC(=O)C(O)(C(=O)S)C(O)C(=O)O. The first-order valence-electron chi connectivity index (χ1n) is 3.12. The number of carboxylic acid groups (broad SMARTS) is 1. The second-order valence-corrected chi connectivity index (χ2v) is 2.77. The van der Waals surface area contributed by atoms with Gasteiger partial charge in [0.1, 0.15) is 0 Å². The van der Waals surface area contributed by atoms with Crippen molar-refractivity contribution in [2.75, 3.05) is 0 Å². The monoisotopic (exact) mass is 208 g/mol. The minimum atomic E-state index is -2.98. The molecule has 2 atom stereocenters. The molecule has 0 amide bonds. The van der Waals surface area contributed by atoms with Gasteiger partial charge in [-0.3, -0.25) is 9.59 Å². The number of carbonyl (C=O) groups excluding carboxylic acids is 2. The molecule has 7 heteroatoms. The van der Waals surface area contributed by atoms with Crippen LogP contribution < -0.4 is 0 Å². The van der Waals surface area contributed by atoms with Gasteiger partial charge in [-0.05, 0) is 6.92 Å². The van der Waals surface area contributed by atoms with Gasteiger partial charge in [0.15, 0.2) is 11.9 Å². The minimum absolute atomic E-state index is 0.778. The summed E-state index contributed by atoms with van der Waals surface area (Å²) in [5.74, 6) is -3.05. The molecule has 0 saturated heterocycles. The van der Waals surface area contributed by atoms with Crippen molar-refractivity contribution in [3.8, 4) is 0 Å². The lowest BCUT2D eigenvalue weighted by Crippen LogP contribution is -2.56. The van der Waals surface area contributed by atoms with E-state index >= 15 is 0 Å². The van der Waals surface area contributed by atoms with E-state index in [4.69, 9.17) is 10.2 Å². The van der Waals surface area contributed by atoms with Crippen molar-refractivity contribution in [2.45, 2.75) is 18.6 Å². The molecule has 0 aliphatic heterocycles. The predicted octanol–water partition coefficient (Wildman–Crippen LogP) is -1.79. The highest BCUT2D eigenvalue weighted by Gasteiger charge is 2.50. The van der Waals surface area contributed by atoms with Gasteiger partial charge < -0.3 is 15.3 Å². The predicted molar refractivity (Wildman–Crippen MR) is 43.3 cm³/mol. The first-order chi connectivity index (χ1) is 5.74. The van der Waals surface area contributed by atoms with Gasteiger partial charge in [-0.2, -0.15) is 0 Å². The molecule has 0 saturated carbocycles. The average molecular weight is 208 g/mol. The van der Waals surface area contributed by atoms with Gasteiger partial charge in [-0.25, -0.2) is 4.79 Å². The molecule has 3 N–H and O–H groups in total. The number of Topliss-reactive ketones (excluding diaryl/α,β-unsaturated/α-hetero) is 1. The van der Waals surface area contributed by atoms with E-state index in [0.29, 0.717) is 0 Å². The summed E-state index contributed by atoms with van der Waals surface area (Å²) >= 11 is 3.12. The van der Waals surface area contributed by atoms with Crippen molar-refractivity contribution in [1.29, 1.82) is 0 Å². The van der Waals surface area contributed by atoms with E-state index in [2.05, 4.69) is 12.6 Å². The molecule has 6 nitrogen and oxygen atoms in total. The van der Waals surface area contributed by atoms with Crippen LogP contribution in [0, 0.1) is 0 Å². The summed E-state index contributed by atoms with van der Waals surface area (Å²) in [6, 6.07) is 0. The fraction of sp³-hybridized carbons (Fsp3) is 0.500. The second-order valence-electron chi connectivity index (χ2n) is 2.37. The van der Waals surface area contributed by atoms with Gasteiger partial charge in [-0.1, -0.05) is 0 Å². The molecule has 0 bridgehead atoms. The van der Waals surface area contributed by atoms with E-state index in [1.807, 2.05) is 0 Å². The van der Waals surface area contributed by atoms with E-state index < -0.39 is 28.6 Å². The summed E-state index contributed by atoms with van der Waals surface area (Å²) in [6.07, 6.45) is -2.50. The van der Waals surface area contributed by atoms with Crippen molar-refractivity contribution in [2.24, 2.45) is 0 Å². The van der Waals surface area contributed by atoms with Gasteiger partial charge in [-0.15, -0.1) is 12.6 Å². The van der Waals surface area contributed by atoms with E-state index in [1.165, 1.54) is 0 Å². The summed E-state index contributed by atoms with van der Waals surface area (Å²) in [5, 5.41) is 24.9. The molecule has 0 rings (SSSR count). The molecule has 0 aromatic heterocycles. The van der Waals surface area contributed by atoms with E-state index in [-0.39, 0.29) is 0 Å². The summed E-state index contributed by atoms with van der Waals surface area (Å²) < 4.78 is 0. The number of aliphatic carboxylic acids is 1. The summed E-state index contributed by atoms with van der Waals surface area (Å²) in [7, 11) is 0. The molecular formula is C6H8O6S. The van der Waals surface area contributed by atoms with Gasteiger partial charge >= 0.3 is 5.97 Å². The number of rotatable bonds is 4.